The second kappa shape index (κ2) is 8.87. The summed E-state index contributed by atoms with van der Waals surface area (Å²) in [6, 6.07) is 6.36. The maximum Gasteiger partial charge on any atom is 0.303 e. The molecular weight excluding hydrogens is 344 g/mol. The molecule has 1 saturated heterocycles. The van der Waals surface area contributed by atoms with Crippen LogP contribution in [0.15, 0.2) is 18.2 Å². The fraction of sp³-hybridized carbons (Fsp3) is 0.636. The standard InChI is InChI=1S/C22H32O5/c1-12-8-9-19(13(2)10-12)16(5)22-21(26-18(7)24)15(4)14(3)20(27-22)11-25-17(6)23/h8-10,14-16,20-22H,11H2,1-7H3/t14?,15?,16-,20?,21?,22?/m1/s1. The summed E-state index contributed by atoms with van der Waals surface area (Å²) in [6.45, 7) is 13.4. The molecule has 5 unspecified atom stereocenters. The molecule has 0 saturated carbocycles. The van der Waals surface area contributed by atoms with Crippen molar-refractivity contribution in [3.8, 4) is 0 Å². The normalized spacial score (nSPS) is 29.1. The Morgan fingerprint density at radius 3 is 2.33 bits per heavy atom. The third-order valence-electron chi connectivity index (χ3n) is 5.75. The minimum absolute atomic E-state index is 0.0322. The largest absolute Gasteiger partial charge is 0.463 e. The Morgan fingerprint density at radius 1 is 1.11 bits per heavy atom. The molecular formula is C22H32O5. The van der Waals surface area contributed by atoms with E-state index in [9.17, 15) is 9.59 Å². The molecule has 1 aromatic rings. The predicted octanol–water partition coefficient (Wildman–Crippen LogP) is 3.94. The summed E-state index contributed by atoms with van der Waals surface area (Å²) in [5, 5.41) is 0. The van der Waals surface area contributed by atoms with Crippen molar-refractivity contribution >= 4 is 11.9 Å². The van der Waals surface area contributed by atoms with Crippen molar-refractivity contribution in [1.82, 2.24) is 0 Å². The van der Waals surface area contributed by atoms with Gasteiger partial charge in [0.1, 0.15) is 18.8 Å². The number of benzene rings is 1. The van der Waals surface area contributed by atoms with Gasteiger partial charge >= 0.3 is 11.9 Å². The molecule has 0 amide bonds. The highest BCUT2D eigenvalue weighted by atomic mass is 16.6. The Bertz CT molecular complexity index is 681. The quantitative estimate of drug-likeness (QED) is 0.729. The van der Waals surface area contributed by atoms with Crippen LogP contribution < -0.4 is 0 Å². The summed E-state index contributed by atoms with van der Waals surface area (Å²) >= 11 is 0. The number of rotatable bonds is 5. The lowest BCUT2D eigenvalue weighted by Crippen LogP contribution is -2.54. The summed E-state index contributed by atoms with van der Waals surface area (Å²) in [5.74, 6) is -0.416. The number of ether oxygens (including phenoxy) is 3. The van der Waals surface area contributed by atoms with Gasteiger partial charge in [0.05, 0.1) is 6.10 Å². The van der Waals surface area contributed by atoms with Crippen LogP contribution in [0.3, 0.4) is 0 Å². The molecule has 1 aromatic carbocycles. The van der Waals surface area contributed by atoms with Crippen LogP contribution in [0, 0.1) is 25.7 Å². The van der Waals surface area contributed by atoms with Crippen LogP contribution in [0.4, 0.5) is 0 Å². The van der Waals surface area contributed by atoms with Crippen molar-refractivity contribution in [1.29, 1.82) is 0 Å². The van der Waals surface area contributed by atoms with E-state index in [1.165, 1.54) is 30.5 Å². The van der Waals surface area contributed by atoms with Gasteiger partial charge in [-0.15, -0.1) is 0 Å². The number of carbonyl (C=O) groups is 2. The fourth-order valence-electron chi connectivity index (χ4n) is 4.01. The van der Waals surface area contributed by atoms with Gasteiger partial charge in [-0.2, -0.15) is 0 Å². The Kier molecular flexibility index (Phi) is 7.04. The first-order valence-electron chi connectivity index (χ1n) is 9.65. The SMILES string of the molecule is CC(=O)OCC1OC([C@H](C)c2ccc(C)cc2C)C(OC(C)=O)C(C)C1C. The lowest BCUT2D eigenvalue weighted by atomic mass is 9.76. The van der Waals surface area contributed by atoms with Gasteiger partial charge in [-0.3, -0.25) is 9.59 Å². The second-order valence-corrected chi connectivity index (χ2v) is 7.88. The van der Waals surface area contributed by atoms with Crippen LogP contribution in [-0.2, 0) is 23.8 Å². The molecule has 0 radical (unpaired) electrons. The van der Waals surface area contributed by atoms with Crippen LogP contribution in [0.5, 0.6) is 0 Å². The van der Waals surface area contributed by atoms with Crippen molar-refractivity contribution < 1.29 is 23.8 Å². The second-order valence-electron chi connectivity index (χ2n) is 7.88. The molecule has 5 nitrogen and oxygen atoms in total. The first-order valence-corrected chi connectivity index (χ1v) is 9.65. The van der Waals surface area contributed by atoms with Crippen molar-refractivity contribution in [2.75, 3.05) is 6.61 Å². The highest BCUT2D eigenvalue weighted by molar-refractivity contribution is 5.66. The van der Waals surface area contributed by atoms with Gasteiger partial charge in [0.2, 0.25) is 0 Å². The Balaban J connectivity index is 2.33. The molecule has 1 aliphatic heterocycles. The van der Waals surface area contributed by atoms with Gasteiger partial charge in [0.25, 0.3) is 0 Å². The Labute approximate surface area is 162 Å². The Hall–Kier alpha value is -1.88. The van der Waals surface area contributed by atoms with Crippen molar-refractivity contribution in [3.63, 3.8) is 0 Å². The average molecular weight is 376 g/mol. The summed E-state index contributed by atoms with van der Waals surface area (Å²) in [6.07, 6.45) is -0.877. The molecule has 1 heterocycles. The maximum atomic E-state index is 11.7. The monoisotopic (exact) mass is 376 g/mol. The van der Waals surface area contributed by atoms with E-state index in [0.29, 0.717) is 0 Å². The molecule has 0 aromatic heterocycles. The minimum atomic E-state index is -0.346. The zero-order chi connectivity index (χ0) is 20.3. The van der Waals surface area contributed by atoms with Gasteiger partial charge in [-0.05, 0) is 30.9 Å². The van der Waals surface area contributed by atoms with E-state index in [1.54, 1.807) is 0 Å². The van der Waals surface area contributed by atoms with E-state index in [1.807, 2.05) is 6.92 Å². The lowest BCUT2D eigenvalue weighted by molar-refractivity contribution is -0.207. The van der Waals surface area contributed by atoms with E-state index in [0.717, 1.165) is 0 Å². The fourth-order valence-corrected chi connectivity index (χ4v) is 4.01. The van der Waals surface area contributed by atoms with Crippen LogP contribution in [-0.4, -0.2) is 36.9 Å². The van der Waals surface area contributed by atoms with E-state index in [-0.39, 0.29) is 54.6 Å². The summed E-state index contributed by atoms with van der Waals surface area (Å²) in [5.41, 5.74) is 3.57. The van der Waals surface area contributed by atoms with Gasteiger partial charge in [0.15, 0.2) is 0 Å². The lowest BCUT2D eigenvalue weighted by Gasteiger charge is -2.46. The highest BCUT2D eigenvalue weighted by Crippen LogP contribution is 2.39. The molecule has 0 bridgehead atoms. The third-order valence-corrected chi connectivity index (χ3v) is 5.75. The summed E-state index contributed by atoms with van der Waals surface area (Å²) in [4.78, 5) is 23.0. The van der Waals surface area contributed by atoms with Crippen molar-refractivity contribution in [3.05, 3.63) is 34.9 Å². The van der Waals surface area contributed by atoms with E-state index in [2.05, 4.69) is 45.9 Å². The number of hydrogen-bond donors (Lipinski definition) is 0. The maximum absolute atomic E-state index is 11.7. The van der Waals surface area contributed by atoms with Crippen LogP contribution in [0.25, 0.3) is 0 Å². The van der Waals surface area contributed by atoms with Gasteiger partial charge in [0, 0.05) is 25.7 Å². The molecule has 150 valence electrons. The van der Waals surface area contributed by atoms with Gasteiger partial charge in [-0.25, -0.2) is 0 Å². The molecule has 5 heteroatoms. The number of carbonyl (C=O) groups excluding carboxylic acids is 2. The number of hydrogen-bond acceptors (Lipinski definition) is 5. The van der Waals surface area contributed by atoms with E-state index >= 15 is 0 Å². The van der Waals surface area contributed by atoms with Crippen LogP contribution in [0.1, 0.15) is 57.2 Å². The summed E-state index contributed by atoms with van der Waals surface area (Å²) in [7, 11) is 0. The Morgan fingerprint density at radius 2 is 1.78 bits per heavy atom. The van der Waals surface area contributed by atoms with E-state index in [4.69, 9.17) is 14.2 Å². The highest BCUT2D eigenvalue weighted by Gasteiger charge is 2.46. The molecule has 1 fully saturated rings. The molecule has 6 atom stereocenters. The molecule has 2 rings (SSSR count). The van der Waals surface area contributed by atoms with Crippen molar-refractivity contribution in [2.45, 2.75) is 72.7 Å². The average Bonchev–Trinajstić information content (AvgIpc) is 2.57. The van der Waals surface area contributed by atoms with Gasteiger partial charge in [-0.1, -0.05) is 44.5 Å². The first-order chi connectivity index (χ1) is 12.6. The molecule has 0 spiro atoms. The molecule has 0 N–H and O–H groups in total. The van der Waals surface area contributed by atoms with Crippen LogP contribution >= 0.6 is 0 Å². The first kappa shape index (κ1) is 21.4. The molecule has 0 aliphatic carbocycles. The zero-order valence-corrected chi connectivity index (χ0v) is 17.4. The summed E-state index contributed by atoms with van der Waals surface area (Å²) < 4.78 is 17.3. The zero-order valence-electron chi connectivity index (χ0n) is 17.4. The van der Waals surface area contributed by atoms with Gasteiger partial charge < -0.3 is 14.2 Å². The topological polar surface area (TPSA) is 61.8 Å². The third kappa shape index (κ3) is 5.10. The number of aryl methyl sites for hydroxylation is 2. The molecule has 1 aliphatic rings. The predicted molar refractivity (Wildman–Crippen MR) is 104 cm³/mol. The molecule has 27 heavy (non-hydrogen) atoms. The van der Waals surface area contributed by atoms with Crippen LogP contribution in [0.2, 0.25) is 0 Å². The minimum Gasteiger partial charge on any atom is -0.463 e. The van der Waals surface area contributed by atoms with Crippen molar-refractivity contribution in [2.24, 2.45) is 11.8 Å². The van der Waals surface area contributed by atoms with E-state index < -0.39 is 0 Å². The smallest absolute Gasteiger partial charge is 0.303 e. The number of esters is 2.